The second-order valence-electron chi connectivity index (χ2n) is 8.14. The van der Waals surface area contributed by atoms with Gasteiger partial charge in [0.1, 0.15) is 11.5 Å². The molecular weight excluding hydrogens is 448 g/mol. The monoisotopic (exact) mass is 476 g/mol. The molecule has 1 atom stereocenters. The van der Waals surface area contributed by atoms with E-state index in [-0.39, 0.29) is 6.04 Å². The summed E-state index contributed by atoms with van der Waals surface area (Å²) in [6, 6.07) is 20.5. The highest BCUT2D eigenvalue weighted by atomic mass is 32.1. The molecule has 1 fully saturated rings. The first-order chi connectivity index (χ1) is 16.8. The van der Waals surface area contributed by atoms with Crippen molar-refractivity contribution in [1.29, 1.82) is 0 Å². The maximum atomic E-state index is 5.59. The molecule has 0 bridgehead atoms. The number of thiophene rings is 1. The second-order valence-corrected chi connectivity index (χ2v) is 9.18. The van der Waals surface area contributed by atoms with Gasteiger partial charge in [-0.05, 0) is 51.7 Å². The van der Waals surface area contributed by atoms with Gasteiger partial charge in [-0.2, -0.15) is 0 Å². The van der Waals surface area contributed by atoms with Crippen LogP contribution < -0.4 is 14.4 Å². The number of methoxy groups -OCH3 is 2. The number of anilines is 1. The predicted molar refractivity (Wildman–Crippen MR) is 133 cm³/mol. The standard InChI is InChI=1S/C25H28N6O2S/c1-32-20-11-9-19(10-12-20)24(25-26-27-28-31(25)18-21-6-5-17-34-21)30-15-13-29(14-16-30)22-7-3-4-8-23(22)33-2/h3-12,17,24H,13-16,18H2,1-2H3. The topological polar surface area (TPSA) is 68.5 Å². The molecule has 0 radical (unpaired) electrons. The van der Waals surface area contributed by atoms with E-state index in [1.165, 1.54) is 4.88 Å². The molecule has 1 aliphatic heterocycles. The van der Waals surface area contributed by atoms with Crippen molar-refractivity contribution < 1.29 is 9.47 Å². The lowest BCUT2D eigenvalue weighted by atomic mass is 10.0. The number of rotatable bonds is 8. The Labute approximate surface area is 203 Å². The van der Waals surface area contributed by atoms with Gasteiger partial charge in [-0.1, -0.05) is 30.3 Å². The molecule has 0 amide bonds. The highest BCUT2D eigenvalue weighted by molar-refractivity contribution is 7.09. The summed E-state index contributed by atoms with van der Waals surface area (Å²) in [5, 5.41) is 15.0. The maximum Gasteiger partial charge on any atom is 0.173 e. The van der Waals surface area contributed by atoms with Crippen LogP contribution in [0, 0.1) is 0 Å². The maximum absolute atomic E-state index is 5.59. The third-order valence-electron chi connectivity index (χ3n) is 6.23. The van der Waals surface area contributed by atoms with E-state index in [2.05, 4.69) is 67.1 Å². The van der Waals surface area contributed by atoms with Crippen LogP contribution in [0.1, 0.15) is 22.3 Å². The summed E-state index contributed by atoms with van der Waals surface area (Å²) in [4.78, 5) is 6.07. The van der Waals surface area contributed by atoms with Gasteiger partial charge in [0.05, 0.1) is 32.5 Å². The largest absolute Gasteiger partial charge is 0.497 e. The molecule has 4 aromatic rings. The molecule has 0 aliphatic carbocycles. The molecule has 1 unspecified atom stereocenters. The third-order valence-corrected chi connectivity index (χ3v) is 7.09. The van der Waals surface area contributed by atoms with Gasteiger partial charge in [-0.25, -0.2) is 4.68 Å². The van der Waals surface area contributed by atoms with E-state index in [4.69, 9.17) is 9.47 Å². The third kappa shape index (κ3) is 4.62. The lowest BCUT2D eigenvalue weighted by molar-refractivity contribution is 0.201. The molecule has 0 N–H and O–H groups in total. The summed E-state index contributed by atoms with van der Waals surface area (Å²) in [6.07, 6.45) is 0. The number of hydrogen-bond donors (Lipinski definition) is 0. The fourth-order valence-corrected chi connectivity index (χ4v) is 5.18. The van der Waals surface area contributed by atoms with Crippen LogP contribution in [0.25, 0.3) is 0 Å². The van der Waals surface area contributed by atoms with Crippen molar-refractivity contribution in [2.45, 2.75) is 12.6 Å². The Morgan fingerprint density at radius 2 is 1.71 bits per heavy atom. The van der Waals surface area contributed by atoms with E-state index < -0.39 is 0 Å². The second kappa shape index (κ2) is 10.2. The van der Waals surface area contributed by atoms with E-state index in [0.29, 0.717) is 6.54 Å². The van der Waals surface area contributed by atoms with Crippen molar-refractivity contribution in [3.63, 3.8) is 0 Å². The Kier molecular flexibility index (Phi) is 6.73. The number of ether oxygens (including phenoxy) is 2. The van der Waals surface area contributed by atoms with Gasteiger partial charge in [0, 0.05) is 31.1 Å². The number of hydrogen-bond acceptors (Lipinski definition) is 8. The fourth-order valence-electron chi connectivity index (χ4n) is 4.49. The number of para-hydroxylation sites is 2. The SMILES string of the molecule is COc1ccc(C(c2nnnn2Cc2cccs2)N2CCN(c3ccccc3OC)CC2)cc1. The summed E-state index contributed by atoms with van der Waals surface area (Å²) < 4.78 is 12.9. The number of piperazine rings is 1. The van der Waals surface area contributed by atoms with Crippen molar-refractivity contribution >= 4 is 17.0 Å². The molecule has 1 saturated heterocycles. The van der Waals surface area contributed by atoms with Crippen molar-refractivity contribution in [2.75, 3.05) is 45.3 Å². The van der Waals surface area contributed by atoms with Crippen LogP contribution in [-0.2, 0) is 6.54 Å². The number of benzene rings is 2. The van der Waals surface area contributed by atoms with Gasteiger partial charge in [0.15, 0.2) is 5.82 Å². The molecule has 0 spiro atoms. The molecule has 2 aromatic carbocycles. The van der Waals surface area contributed by atoms with E-state index >= 15 is 0 Å². The van der Waals surface area contributed by atoms with E-state index in [9.17, 15) is 0 Å². The summed E-state index contributed by atoms with van der Waals surface area (Å²) in [5.74, 6) is 2.59. The summed E-state index contributed by atoms with van der Waals surface area (Å²) in [7, 11) is 3.41. The van der Waals surface area contributed by atoms with Crippen molar-refractivity contribution in [1.82, 2.24) is 25.1 Å². The Hall–Kier alpha value is -3.43. The molecule has 176 valence electrons. The van der Waals surface area contributed by atoms with Crippen molar-refractivity contribution in [3.05, 3.63) is 82.3 Å². The number of aromatic nitrogens is 4. The zero-order valence-corrected chi connectivity index (χ0v) is 20.2. The zero-order valence-electron chi connectivity index (χ0n) is 19.4. The van der Waals surface area contributed by atoms with Crippen LogP contribution in [0.15, 0.2) is 66.0 Å². The molecule has 9 heteroatoms. The summed E-state index contributed by atoms with van der Waals surface area (Å²) in [5.41, 5.74) is 2.28. The first-order valence-electron chi connectivity index (χ1n) is 11.3. The van der Waals surface area contributed by atoms with E-state index in [1.54, 1.807) is 25.6 Å². The highest BCUT2D eigenvalue weighted by Crippen LogP contribution is 2.33. The predicted octanol–water partition coefficient (Wildman–Crippen LogP) is 3.71. The quantitative estimate of drug-likeness (QED) is 0.384. The minimum Gasteiger partial charge on any atom is -0.497 e. The summed E-state index contributed by atoms with van der Waals surface area (Å²) >= 11 is 1.71. The zero-order chi connectivity index (χ0) is 23.3. The molecule has 2 aromatic heterocycles. The Balaban J connectivity index is 1.42. The van der Waals surface area contributed by atoms with Crippen LogP contribution in [0.4, 0.5) is 5.69 Å². The Bertz CT molecular complexity index is 1190. The lowest BCUT2D eigenvalue weighted by Crippen LogP contribution is -2.48. The summed E-state index contributed by atoms with van der Waals surface area (Å²) in [6.45, 7) is 4.19. The highest BCUT2D eigenvalue weighted by Gasteiger charge is 2.31. The normalized spacial score (nSPS) is 15.3. The molecule has 8 nitrogen and oxygen atoms in total. The van der Waals surface area contributed by atoms with Crippen molar-refractivity contribution in [3.8, 4) is 11.5 Å². The minimum atomic E-state index is -0.0549. The molecule has 1 aliphatic rings. The van der Waals surface area contributed by atoms with Gasteiger partial charge in [0.2, 0.25) is 0 Å². The number of nitrogens with zero attached hydrogens (tertiary/aromatic N) is 6. The minimum absolute atomic E-state index is 0.0549. The Morgan fingerprint density at radius 3 is 2.41 bits per heavy atom. The van der Waals surface area contributed by atoms with Gasteiger partial charge < -0.3 is 14.4 Å². The van der Waals surface area contributed by atoms with Gasteiger partial charge in [-0.15, -0.1) is 16.4 Å². The molecule has 5 rings (SSSR count). The van der Waals surface area contributed by atoms with Crippen LogP contribution in [0.5, 0.6) is 11.5 Å². The van der Waals surface area contributed by atoms with Crippen LogP contribution in [0.2, 0.25) is 0 Å². The lowest BCUT2D eigenvalue weighted by Gasteiger charge is -2.40. The van der Waals surface area contributed by atoms with Gasteiger partial charge >= 0.3 is 0 Å². The van der Waals surface area contributed by atoms with Crippen molar-refractivity contribution in [2.24, 2.45) is 0 Å². The smallest absolute Gasteiger partial charge is 0.173 e. The van der Waals surface area contributed by atoms with Gasteiger partial charge in [-0.3, -0.25) is 4.90 Å². The van der Waals surface area contributed by atoms with Crippen LogP contribution in [-0.4, -0.2) is 65.5 Å². The Morgan fingerprint density at radius 1 is 0.912 bits per heavy atom. The molecule has 3 heterocycles. The van der Waals surface area contributed by atoms with Crippen LogP contribution in [0.3, 0.4) is 0 Å². The first kappa shape index (κ1) is 22.4. The molecule has 34 heavy (non-hydrogen) atoms. The van der Waals surface area contributed by atoms with Gasteiger partial charge in [0.25, 0.3) is 0 Å². The molecular formula is C25H28N6O2S. The average molecular weight is 477 g/mol. The number of tetrazole rings is 1. The molecule has 0 saturated carbocycles. The average Bonchev–Trinajstić information content (AvgIpc) is 3.58. The van der Waals surface area contributed by atoms with E-state index in [1.807, 2.05) is 28.9 Å². The van der Waals surface area contributed by atoms with Crippen LogP contribution >= 0.6 is 11.3 Å². The van der Waals surface area contributed by atoms with E-state index in [0.717, 1.165) is 54.8 Å². The first-order valence-corrected chi connectivity index (χ1v) is 12.2. The fraction of sp³-hybridized carbons (Fsp3) is 0.320.